The topological polar surface area (TPSA) is 29.1 Å². The molecule has 0 heterocycles. The molecule has 0 saturated heterocycles. The predicted octanol–water partition coefficient (Wildman–Crippen LogP) is 3.67. The van der Waals surface area contributed by atoms with Gasteiger partial charge >= 0.3 is 0 Å². The molecule has 1 N–H and O–H groups in total. The van der Waals surface area contributed by atoms with E-state index < -0.39 is 23.6 Å². The Hall–Kier alpha value is -1.94. The van der Waals surface area contributed by atoms with Crippen LogP contribution in [0.25, 0.3) is 0 Å². The Morgan fingerprint density at radius 1 is 1.15 bits per heavy atom. The van der Waals surface area contributed by atoms with E-state index in [0.717, 1.165) is 17.7 Å². The fourth-order valence-corrected chi connectivity index (χ4v) is 2.06. The highest BCUT2D eigenvalue weighted by atomic mass is 35.5. The Morgan fingerprint density at radius 2 is 1.85 bits per heavy atom. The van der Waals surface area contributed by atoms with Crippen molar-refractivity contribution in [2.45, 2.75) is 6.04 Å². The highest BCUT2D eigenvalue weighted by Gasteiger charge is 2.17. The van der Waals surface area contributed by atoms with Gasteiger partial charge in [0.1, 0.15) is 11.6 Å². The number of alkyl halides is 1. The van der Waals surface area contributed by atoms with E-state index >= 15 is 0 Å². The van der Waals surface area contributed by atoms with E-state index in [1.165, 1.54) is 0 Å². The van der Waals surface area contributed by atoms with Gasteiger partial charge in [-0.1, -0.05) is 30.3 Å². The Bertz CT molecular complexity index is 604. The van der Waals surface area contributed by atoms with Gasteiger partial charge in [0.2, 0.25) is 0 Å². The number of hydrogen-bond acceptors (Lipinski definition) is 1. The van der Waals surface area contributed by atoms with Crippen molar-refractivity contribution in [3.05, 3.63) is 71.3 Å². The van der Waals surface area contributed by atoms with Crippen molar-refractivity contribution in [1.29, 1.82) is 0 Å². The van der Waals surface area contributed by atoms with Gasteiger partial charge in [-0.05, 0) is 17.7 Å². The zero-order valence-electron chi connectivity index (χ0n) is 10.4. The molecular formula is C15H12ClF2NO. The molecule has 0 bridgehead atoms. The van der Waals surface area contributed by atoms with Crippen LogP contribution in [0.2, 0.25) is 0 Å². The van der Waals surface area contributed by atoms with E-state index in [1.54, 1.807) is 0 Å². The summed E-state index contributed by atoms with van der Waals surface area (Å²) >= 11 is 5.83. The minimum absolute atomic E-state index is 0.151. The lowest BCUT2D eigenvalue weighted by Crippen LogP contribution is -2.30. The molecule has 1 atom stereocenters. The highest BCUT2D eigenvalue weighted by Crippen LogP contribution is 2.16. The Morgan fingerprint density at radius 3 is 2.45 bits per heavy atom. The van der Waals surface area contributed by atoms with Crippen LogP contribution in [0, 0.1) is 11.6 Å². The lowest BCUT2D eigenvalue weighted by molar-refractivity contribution is 0.0936. The van der Waals surface area contributed by atoms with E-state index in [9.17, 15) is 13.6 Å². The molecular weight excluding hydrogens is 284 g/mol. The Kier molecular flexibility index (Phi) is 4.69. The van der Waals surface area contributed by atoms with Gasteiger partial charge in [-0.2, -0.15) is 0 Å². The second kappa shape index (κ2) is 6.48. The minimum atomic E-state index is -0.899. The van der Waals surface area contributed by atoms with Gasteiger partial charge in [-0.25, -0.2) is 8.78 Å². The van der Waals surface area contributed by atoms with E-state index in [2.05, 4.69) is 5.32 Å². The van der Waals surface area contributed by atoms with Crippen LogP contribution in [0.4, 0.5) is 8.78 Å². The normalized spacial score (nSPS) is 11.9. The molecule has 1 amide bonds. The van der Waals surface area contributed by atoms with Crippen LogP contribution in [0.3, 0.4) is 0 Å². The zero-order chi connectivity index (χ0) is 14.5. The summed E-state index contributed by atoms with van der Waals surface area (Å²) in [6.45, 7) is 0. The lowest BCUT2D eigenvalue weighted by Gasteiger charge is -2.16. The maximum atomic E-state index is 13.5. The molecule has 1 unspecified atom stereocenters. The lowest BCUT2D eigenvalue weighted by atomic mass is 10.1. The van der Waals surface area contributed by atoms with Gasteiger partial charge < -0.3 is 5.32 Å². The number of carbonyl (C=O) groups excluding carboxylic acids is 1. The van der Waals surface area contributed by atoms with Crippen LogP contribution in [0.15, 0.2) is 48.5 Å². The molecule has 2 rings (SSSR count). The van der Waals surface area contributed by atoms with Crippen molar-refractivity contribution in [2.24, 2.45) is 0 Å². The monoisotopic (exact) mass is 295 g/mol. The van der Waals surface area contributed by atoms with Gasteiger partial charge in [-0.15, -0.1) is 11.6 Å². The molecule has 5 heteroatoms. The van der Waals surface area contributed by atoms with E-state index in [1.807, 2.05) is 30.3 Å². The predicted molar refractivity (Wildman–Crippen MR) is 73.7 cm³/mol. The molecule has 0 fully saturated rings. The summed E-state index contributed by atoms with van der Waals surface area (Å²) in [5.41, 5.74) is 0.607. The van der Waals surface area contributed by atoms with Crippen molar-refractivity contribution < 1.29 is 13.6 Å². The van der Waals surface area contributed by atoms with Crippen molar-refractivity contribution in [3.63, 3.8) is 0 Å². The number of carbonyl (C=O) groups is 1. The smallest absolute Gasteiger partial charge is 0.254 e. The quantitative estimate of drug-likeness (QED) is 0.857. The molecule has 2 aromatic rings. The fourth-order valence-electron chi connectivity index (χ4n) is 1.81. The fraction of sp³-hybridized carbons (Fsp3) is 0.133. The molecule has 0 radical (unpaired) electrons. The van der Waals surface area contributed by atoms with Crippen molar-refractivity contribution in [3.8, 4) is 0 Å². The second-order valence-electron chi connectivity index (χ2n) is 4.22. The third-order valence-electron chi connectivity index (χ3n) is 2.84. The SMILES string of the molecule is O=C(NC(CCl)c1ccccc1)c1ccc(F)cc1F. The van der Waals surface area contributed by atoms with Crippen LogP contribution in [0.5, 0.6) is 0 Å². The third-order valence-corrected chi connectivity index (χ3v) is 3.15. The van der Waals surface area contributed by atoms with Crippen LogP contribution >= 0.6 is 11.6 Å². The average Bonchev–Trinajstić information content (AvgIpc) is 2.45. The second-order valence-corrected chi connectivity index (χ2v) is 4.52. The Labute approximate surface area is 120 Å². The van der Waals surface area contributed by atoms with Crippen LogP contribution in [-0.4, -0.2) is 11.8 Å². The van der Waals surface area contributed by atoms with Gasteiger partial charge in [-0.3, -0.25) is 4.79 Å². The number of nitrogens with one attached hydrogen (secondary N) is 1. The molecule has 0 spiro atoms. The number of amides is 1. The maximum absolute atomic E-state index is 13.5. The molecule has 0 saturated carbocycles. The van der Waals surface area contributed by atoms with Gasteiger partial charge in [0.25, 0.3) is 5.91 Å². The molecule has 0 aliphatic rings. The van der Waals surface area contributed by atoms with Crippen LogP contribution in [0.1, 0.15) is 22.0 Å². The summed E-state index contributed by atoms with van der Waals surface area (Å²) in [6, 6.07) is 11.5. The molecule has 0 aliphatic carbocycles. The standard InChI is InChI=1S/C15H12ClF2NO/c16-9-14(10-4-2-1-3-5-10)19-15(20)12-7-6-11(17)8-13(12)18/h1-8,14H,9H2,(H,19,20). The summed E-state index contributed by atoms with van der Waals surface area (Å²) < 4.78 is 26.3. The van der Waals surface area contributed by atoms with Crippen molar-refractivity contribution in [1.82, 2.24) is 5.32 Å². The first-order chi connectivity index (χ1) is 9.61. The summed E-state index contributed by atoms with van der Waals surface area (Å²) in [5.74, 6) is -2.10. The van der Waals surface area contributed by atoms with Crippen molar-refractivity contribution in [2.75, 3.05) is 5.88 Å². The Balaban J connectivity index is 2.17. The first-order valence-corrected chi connectivity index (χ1v) is 6.52. The number of halogens is 3. The van der Waals surface area contributed by atoms with Crippen LogP contribution < -0.4 is 5.32 Å². The first kappa shape index (κ1) is 14.5. The van der Waals surface area contributed by atoms with E-state index in [-0.39, 0.29) is 11.4 Å². The molecule has 0 aliphatic heterocycles. The number of benzene rings is 2. The molecule has 20 heavy (non-hydrogen) atoms. The number of hydrogen-bond donors (Lipinski definition) is 1. The largest absolute Gasteiger partial charge is 0.344 e. The highest BCUT2D eigenvalue weighted by molar-refractivity contribution is 6.18. The molecule has 104 valence electrons. The third kappa shape index (κ3) is 3.33. The summed E-state index contributed by atoms with van der Waals surface area (Å²) in [7, 11) is 0. The van der Waals surface area contributed by atoms with Gasteiger partial charge in [0.15, 0.2) is 0 Å². The van der Waals surface area contributed by atoms with E-state index in [0.29, 0.717) is 6.07 Å². The molecule has 2 aromatic carbocycles. The minimum Gasteiger partial charge on any atom is -0.344 e. The zero-order valence-corrected chi connectivity index (χ0v) is 11.2. The number of rotatable bonds is 4. The van der Waals surface area contributed by atoms with Crippen molar-refractivity contribution >= 4 is 17.5 Å². The van der Waals surface area contributed by atoms with E-state index in [4.69, 9.17) is 11.6 Å². The summed E-state index contributed by atoms with van der Waals surface area (Å²) in [5, 5.41) is 2.63. The summed E-state index contributed by atoms with van der Waals surface area (Å²) in [6.07, 6.45) is 0. The van der Waals surface area contributed by atoms with Gasteiger partial charge in [0.05, 0.1) is 11.6 Å². The van der Waals surface area contributed by atoms with Crippen LogP contribution in [-0.2, 0) is 0 Å². The first-order valence-electron chi connectivity index (χ1n) is 5.98. The van der Waals surface area contributed by atoms with Gasteiger partial charge in [0, 0.05) is 11.9 Å². The summed E-state index contributed by atoms with van der Waals surface area (Å²) in [4.78, 5) is 12.0. The maximum Gasteiger partial charge on any atom is 0.254 e. The molecule has 2 nitrogen and oxygen atoms in total. The molecule has 0 aromatic heterocycles. The average molecular weight is 296 g/mol.